The quantitative estimate of drug-likeness (QED) is 0.791. The molecule has 0 bridgehead atoms. The monoisotopic (exact) mass is 210 g/mol. The highest BCUT2D eigenvalue weighted by Crippen LogP contribution is 2.14. The second-order valence-electron chi connectivity index (χ2n) is 4.00. The molecule has 1 unspecified atom stereocenters. The van der Waals surface area contributed by atoms with Crippen molar-refractivity contribution < 1.29 is 9.90 Å². The van der Waals surface area contributed by atoms with Crippen LogP contribution in [-0.4, -0.2) is 26.3 Å². The van der Waals surface area contributed by atoms with Crippen LogP contribution >= 0.6 is 0 Å². The number of carbonyl (C=O) groups excluding carboxylic acids is 1. The van der Waals surface area contributed by atoms with Crippen LogP contribution in [0.5, 0.6) is 0 Å². The Morgan fingerprint density at radius 2 is 2.33 bits per heavy atom. The second-order valence-corrected chi connectivity index (χ2v) is 4.00. The number of hydrogen-bond donors (Lipinski definition) is 1. The number of carbonyl (C=O) groups is 1. The first-order valence-electron chi connectivity index (χ1n) is 5.20. The Morgan fingerprint density at radius 3 is 2.80 bits per heavy atom. The van der Waals surface area contributed by atoms with Crippen LogP contribution in [0.1, 0.15) is 32.4 Å². The highest BCUT2D eigenvalue weighted by Gasteiger charge is 2.26. The zero-order chi connectivity index (χ0) is 11.5. The molecule has 1 heterocycles. The minimum Gasteiger partial charge on any atom is -0.382 e. The average molecular weight is 210 g/mol. The molecule has 0 saturated heterocycles. The molecule has 0 fully saturated rings. The number of Topliss-reactive ketones (excluding diaryl/α,β-unsaturated/α-hetero) is 1. The van der Waals surface area contributed by atoms with Crippen molar-refractivity contribution in [1.29, 1.82) is 0 Å². The van der Waals surface area contributed by atoms with Crippen LogP contribution in [0.25, 0.3) is 0 Å². The van der Waals surface area contributed by atoms with Gasteiger partial charge in [0.05, 0.1) is 0 Å². The molecule has 15 heavy (non-hydrogen) atoms. The summed E-state index contributed by atoms with van der Waals surface area (Å²) in [5.41, 5.74) is -0.172. The third kappa shape index (κ3) is 2.89. The van der Waals surface area contributed by atoms with Gasteiger partial charge < -0.3 is 5.11 Å². The van der Waals surface area contributed by atoms with Crippen molar-refractivity contribution >= 4 is 5.78 Å². The maximum Gasteiger partial charge on any atom is 0.164 e. The molecule has 0 amide bonds. The molecule has 84 valence electrons. The number of ketones is 1. The number of nitrogens with zero attached hydrogens (tertiary/aromatic N) is 2. The molecule has 0 aliphatic carbocycles. The van der Waals surface area contributed by atoms with E-state index in [-0.39, 0.29) is 5.78 Å². The number of aromatic nitrogens is 2. The second kappa shape index (κ2) is 4.57. The molecule has 1 atom stereocenters. The summed E-state index contributed by atoms with van der Waals surface area (Å²) in [4.78, 5) is 11.6. The number of rotatable bonds is 5. The molecule has 1 aromatic rings. The lowest BCUT2D eigenvalue weighted by molar-refractivity contribution is -0.135. The van der Waals surface area contributed by atoms with Crippen LogP contribution in [0.3, 0.4) is 0 Å². The standard InChI is InChI=1S/C11H18N2O2/c1-4-11(2,15)10(14)6-5-9-7-8-12-13(9)3/h7-8,15H,4-6H2,1-3H3. The zero-order valence-electron chi connectivity index (χ0n) is 9.53. The van der Waals surface area contributed by atoms with E-state index in [1.165, 1.54) is 0 Å². The van der Waals surface area contributed by atoms with Crippen LogP contribution < -0.4 is 0 Å². The number of aryl methyl sites for hydroxylation is 2. The highest BCUT2D eigenvalue weighted by molar-refractivity contribution is 5.86. The largest absolute Gasteiger partial charge is 0.382 e. The van der Waals surface area contributed by atoms with E-state index in [0.29, 0.717) is 19.3 Å². The summed E-state index contributed by atoms with van der Waals surface area (Å²) in [6.07, 6.45) is 3.15. The van der Waals surface area contributed by atoms with Crippen LogP contribution in [0.4, 0.5) is 0 Å². The van der Waals surface area contributed by atoms with Crippen LogP contribution in [0.2, 0.25) is 0 Å². The molecule has 0 spiro atoms. The lowest BCUT2D eigenvalue weighted by Gasteiger charge is -2.19. The van der Waals surface area contributed by atoms with Gasteiger partial charge in [0.1, 0.15) is 5.60 Å². The lowest BCUT2D eigenvalue weighted by Crippen LogP contribution is -2.34. The van der Waals surface area contributed by atoms with Crippen LogP contribution in [0, 0.1) is 0 Å². The highest BCUT2D eigenvalue weighted by atomic mass is 16.3. The van der Waals surface area contributed by atoms with E-state index in [9.17, 15) is 9.90 Å². The van der Waals surface area contributed by atoms with Gasteiger partial charge in [-0.2, -0.15) is 5.10 Å². The van der Waals surface area contributed by atoms with Gasteiger partial charge in [-0.25, -0.2) is 0 Å². The third-order valence-electron chi connectivity index (χ3n) is 2.82. The summed E-state index contributed by atoms with van der Waals surface area (Å²) in [6.45, 7) is 3.38. The first kappa shape index (κ1) is 11.9. The fourth-order valence-electron chi connectivity index (χ4n) is 1.35. The number of hydrogen-bond acceptors (Lipinski definition) is 3. The number of aliphatic hydroxyl groups is 1. The van der Waals surface area contributed by atoms with Crippen molar-refractivity contribution in [3.63, 3.8) is 0 Å². The molecule has 0 aliphatic rings. The summed E-state index contributed by atoms with van der Waals surface area (Å²) in [7, 11) is 1.85. The molecule has 1 rings (SSSR count). The Balaban J connectivity index is 2.52. The van der Waals surface area contributed by atoms with Crippen molar-refractivity contribution in [3.8, 4) is 0 Å². The summed E-state index contributed by atoms with van der Waals surface area (Å²) >= 11 is 0. The molecule has 0 aliphatic heterocycles. The molecule has 0 radical (unpaired) electrons. The summed E-state index contributed by atoms with van der Waals surface area (Å²) < 4.78 is 1.74. The van der Waals surface area contributed by atoms with Gasteiger partial charge in [0.15, 0.2) is 5.78 Å². The average Bonchev–Trinajstić information content (AvgIpc) is 2.60. The Kier molecular flexibility index (Phi) is 3.63. The molecular weight excluding hydrogens is 192 g/mol. The molecule has 1 aromatic heterocycles. The van der Waals surface area contributed by atoms with Crippen molar-refractivity contribution in [2.75, 3.05) is 0 Å². The van der Waals surface area contributed by atoms with E-state index in [1.807, 2.05) is 20.0 Å². The van der Waals surface area contributed by atoms with E-state index < -0.39 is 5.60 Å². The van der Waals surface area contributed by atoms with Gasteiger partial charge in [0.25, 0.3) is 0 Å². The Bertz CT molecular complexity index is 342. The zero-order valence-corrected chi connectivity index (χ0v) is 9.53. The first-order chi connectivity index (χ1) is 6.97. The van der Waals surface area contributed by atoms with E-state index in [2.05, 4.69) is 5.10 Å². The molecule has 0 saturated carbocycles. The predicted octanol–water partition coefficient (Wildman–Crippen LogP) is 1.08. The Labute approximate surface area is 89.9 Å². The predicted molar refractivity (Wildman–Crippen MR) is 57.5 cm³/mol. The van der Waals surface area contributed by atoms with Gasteiger partial charge in [-0.3, -0.25) is 9.48 Å². The summed E-state index contributed by atoms with van der Waals surface area (Å²) in [5.74, 6) is -0.105. The van der Waals surface area contributed by atoms with Gasteiger partial charge in [0.2, 0.25) is 0 Å². The van der Waals surface area contributed by atoms with E-state index in [1.54, 1.807) is 17.8 Å². The minimum atomic E-state index is -1.18. The minimum absolute atomic E-state index is 0.105. The van der Waals surface area contributed by atoms with Gasteiger partial charge in [-0.15, -0.1) is 0 Å². The van der Waals surface area contributed by atoms with Crippen LogP contribution in [-0.2, 0) is 18.3 Å². The molecule has 4 nitrogen and oxygen atoms in total. The van der Waals surface area contributed by atoms with E-state index in [0.717, 1.165) is 5.69 Å². The molecule has 1 N–H and O–H groups in total. The van der Waals surface area contributed by atoms with Crippen molar-refractivity contribution in [1.82, 2.24) is 9.78 Å². The lowest BCUT2D eigenvalue weighted by atomic mass is 9.94. The van der Waals surface area contributed by atoms with E-state index >= 15 is 0 Å². The SMILES string of the molecule is CCC(C)(O)C(=O)CCc1ccnn1C. The Morgan fingerprint density at radius 1 is 1.67 bits per heavy atom. The van der Waals surface area contributed by atoms with Gasteiger partial charge >= 0.3 is 0 Å². The summed E-state index contributed by atoms with van der Waals surface area (Å²) in [5, 5.41) is 13.7. The topological polar surface area (TPSA) is 55.1 Å². The van der Waals surface area contributed by atoms with Crippen molar-refractivity contribution in [3.05, 3.63) is 18.0 Å². The van der Waals surface area contributed by atoms with Crippen molar-refractivity contribution in [2.45, 2.75) is 38.7 Å². The normalized spacial score (nSPS) is 14.9. The van der Waals surface area contributed by atoms with Crippen molar-refractivity contribution in [2.24, 2.45) is 7.05 Å². The van der Waals surface area contributed by atoms with Crippen LogP contribution in [0.15, 0.2) is 12.3 Å². The smallest absolute Gasteiger partial charge is 0.164 e. The van der Waals surface area contributed by atoms with Gasteiger partial charge in [-0.05, 0) is 25.8 Å². The third-order valence-corrected chi connectivity index (χ3v) is 2.82. The maximum atomic E-state index is 11.6. The van der Waals surface area contributed by atoms with Gasteiger partial charge in [-0.1, -0.05) is 6.92 Å². The fourth-order valence-corrected chi connectivity index (χ4v) is 1.35. The van der Waals surface area contributed by atoms with Gasteiger partial charge in [0, 0.05) is 25.4 Å². The first-order valence-corrected chi connectivity index (χ1v) is 5.20. The molecule has 4 heteroatoms. The van der Waals surface area contributed by atoms with E-state index in [4.69, 9.17) is 0 Å². The fraction of sp³-hybridized carbons (Fsp3) is 0.636. The molecular formula is C11H18N2O2. The maximum absolute atomic E-state index is 11.6. The Hall–Kier alpha value is -1.16. The molecule has 0 aromatic carbocycles. The summed E-state index contributed by atoms with van der Waals surface area (Å²) in [6, 6.07) is 1.88.